The number of hydrogen-bond donors (Lipinski definition) is 0. The lowest BCUT2D eigenvalue weighted by Crippen LogP contribution is -2.42. The van der Waals surface area contributed by atoms with Gasteiger partial charge in [-0.2, -0.15) is 8.42 Å². The van der Waals surface area contributed by atoms with Crippen LogP contribution in [0.1, 0.15) is 16.7 Å². The molecular weight excluding hydrogens is 507 g/mol. The van der Waals surface area contributed by atoms with E-state index in [0.29, 0.717) is 18.3 Å². The maximum Gasteiger partial charge on any atom is 0.299 e. The smallest absolute Gasteiger partial charge is 0.295 e. The maximum atomic E-state index is 13.1. The first-order chi connectivity index (χ1) is 16.4. The van der Waals surface area contributed by atoms with Crippen LogP contribution in [0.2, 0.25) is 0 Å². The molecule has 0 aromatic heterocycles. The summed E-state index contributed by atoms with van der Waals surface area (Å²) in [6.07, 6.45) is 0. The summed E-state index contributed by atoms with van der Waals surface area (Å²) in [6, 6.07) is 26.3. The number of rotatable bonds is 6. The van der Waals surface area contributed by atoms with Crippen molar-refractivity contribution in [1.82, 2.24) is 9.80 Å². The number of hydrogen-bond acceptors (Lipinski definition) is 5. The minimum Gasteiger partial charge on any atom is -0.295 e. The number of carbonyl (C=O) groups excluding carboxylic acids is 1. The minimum absolute atomic E-state index is 0.0341. The van der Waals surface area contributed by atoms with Crippen LogP contribution in [0.15, 0.2) is 94.2 Å². The summed E-state index contributed by atoms with van der Waals surface area (Å²) in [5.41, 5.74) is 2.99. The van der Waals surface area contributed by atoms with Gasteiger partial charge in [-0.3, -0.25) is 14.6 Å². The van der Waals surface area contributed by atoms with Crippen LogP contribution in [0, 0.1) is 6.92 Å². The first kappa shape index (κ1) is 23.2. The standard InChI is InChI=1S/C24H21N3O3S4/c1-18-12-14-21(15-13-18)34(29,30)25-22-26(16-19-8-4-2-5-9-19)23-27(24(28)32-33(23)31-22)17-20-10-6-3-7-11-20/h2-15H,16-17H2,1H3/b25-22-. The van der Waals surface area contributed by atoms with Gasteiger partial charge >= 0.3 is 0 Å². The van der Waals surface area contributed by atoms with Crippen molar-refractivity contribution in [2.24, 2.45) is 4.40 Å². The maximum absolute atomic E-state index is 13.1. The number of carbonyl (C=O) groups is 1. The molecule has 0 saturated heterocycles. The molecule has 1 atom stereocenters. The topological polar surface area (TPSA) is 70.0 Å². The third kappa shape index (κ3) is 4.81. The number of benzene rings is 3. The van der Waals surface area contributed by atoms with Crippen molar-refractivity contribution in [2.45, 2.75) is 24.9 Å². The minimum atomic E-state index is -3.90. The van der Waals surface area contributed by atoms with E-state index < -0.39 is 18.6 Å². The molecule has 2 aliphatic heterocycles. The second-order valence-corrected chi connectivity index (χ2v) is 14.9. The number of amides is 1. The van der Waals surface area contributed by atoms with E-state index in [0.717, 1.165) is 21.8 Å². The van der Waals surface area contributed by atoms with Crippen LogP contribution in [0.3, 0.4) is 0 Å². The Morgan fingerprint density at radius 3 is 1.94 bits per heavy atom. The van der Waals surface area contributed by atoms with Crippen LogP contribution < -0.4 is 0 Å². The first-order valence-corrected chi connectivity index (χ1v) is 15.8. The molecule has 10 heteroatoms. The fraction of sp³-hybridized carbons (Fsp3) is 0.125. The first-order valence-electron chi connectivity index (χ1n) is 10.5. The van der Waals surface area contributed by atoms with E-state index >= 15 is 0 Å². The quantitative estimate of drug-likeness (QED) is 0.296. The van der Waals surface area contributed by atoms with Gasteiger partial charge in [-0.05, 0) is 49.5 Å². The van der Waals surface area contributed by atoms with E-state index in [2.05, 4.69) is 4.40 Å². The van der Waals surface area contributed by atoms with Gasteiger partial charge in [0.05, 0.1) is 18.0 Å². The van der Waals surface area contributed by atoms with Crippen molar-refractivity contribution in [2.75, 3.05) is 0 Å². The van der Waals surface area contributed by atoms with E-state index in [1.54, 1.807) is 29.2 Å². The second-order valence-electron chi connectivity index (χ2n) is 7.76. The lowest BCUT2D eigenvalue weighted by molar-refractivity contribution is 0.241. The van der Waals surface area contributed by atoms with Gasteiger partial charge < -0.3 is 0 Å². The molecule has 0 radical (unpaired) electrons. The Bertz CT molecular complexity index is 1390. The molecule has 2 heterocycles. The van der Waals surface area contributed by atoms with Crippen molar-refractivity contribution < 1.29 is 13.2 Å². The number of aryl methyl sites for hydroxylation is 1. The number of nitrogens with zero attached hydrogens (tertiary/aromatic N) is 3. The second kappa shape index (κ2) is 9.61. The third-order valence-electron chi connectivity index (χ3n) is 5.24. The Morgan fingerprint density at radius 1 is 0.794 bits per heavy atom. The normalized spacial score (nSPS) is 19.2. The molecular formula is C24H21N3O3S4. The molecule has 0 bridgehead atoms. The molecule has 2 aliphatic rings. The Kier molecular flexibility index (Phi) is 6.57. The van der Waals surface area contributed by atoms with E-state index in [1.165, 1.54) is 21.6 Å². The summed E-state index contributed by atoms with van der Waals surface area (Å²) in [6.45, 7) is 2.76. The molecule has 0 saturated carbocycles. The Balaban J connectivity index is 1.53. The van der Waals surface area contributed by atoms with Gasteiger partial charge in [-0.15, -0.1) is 4.40 Å². The highest BCUT2D eigenvalue weighted by Crippen LogP contribution is 2.57. The van der Waals surface area contributed by atoms with Crippen LogP contribution in [-0.4, -0.2) is 33.7 Å². The summed E-state index contributed by atoms with van der Waals surface area (Å²) in [4.78, 5) is 16.7. The predicted molar refractivity (Wildman–Crippen MR) is 143 cm³/mol. The predicted octanol–water partition coefficient (Wildman–Crippen LogP) is 5.84. The van der Waals surface area contributed by atoms with Crippen molar-refractivity contribution in [3.63, 3.8) is 0 Å². The summed E-state index contributed by atoms with van der Waals surface area (Å²) in [7, 11) is -1.91. The van der Waals surface area contributed by atoms with Gasteiger partial charge in [0.1, 0.15) is 0 Å². The SMILES string of the molecule is Cc1ccc(S(=O)(=O)/N=C2\SS3=C(N(Cc4ccccc4)C(=O)S3)N2Cc2ccccc2)cc1. The third-order valence-corrected chi connectivity index (χ3v) is 12.4. The monoisotopic (exact) mass is 527 g/mol. The fourth-order valence-corrected chi connectivity index (χ4v) is 11.2. The van der Waals surface area contributed by atoms with E-state index in [1.807, 2.05) is 72.5 Å². The average Bonchev–Trinajstić information content (AvgIpc) is 3.30. The fourth-order valence-electron chi connectivity index (χ4n) is 3.53. The molecule has 174 valence electrons. The van der Waals surface area contributed by atoms with Gasteiger partial charge in [-0.25, -0.2) is 0 Å². The van der Waals surface area contributed by atoms with Gasteiger partial charge in [0.25, 0.3) is 15.3 Å². The van der Waals surface area contributed by atoms with Crippen molar-refractivity contribution in [3.05, 3.63) is 102 Å². The van der Waals surface area contributed by atoms with Crippen LogP contribution in [0.5, 0.6) is 0 Å². The highest BCUT2D eigenvalue weighted by Gasteiger charge is 2.43. The lowest BCUT2D eigenvalue weighted by Gasteiger charge is -2.27. The zero-order valence-corrected chi connectivity index (χ0v) is 21.5. The Hall–Kier alpha value is -2.53. The molecule has 0 spiro atoms. The van der Waals surface area contributed by atoms with E-state index in [-0.39, 0.29) is 10.1 Å². The molecule has 1 unspecified atom stereocenters. The summed E-state index contributed by atoms with van der Waals surface area (Å²) >= 11 is 0. The molecule has 3 aromatic carbocycles. The van der Waals surface area contributed by atoms with Crippen LogP contribution in [-0.2, 0) is 23.1 Å². The number of sulfonamides is 1. The van der Waals surface area contributed by atoms with Crippen LogP contribution >= 0.6 is 30.1 Å². The molecule has 0 N–H and O–H groups in total. The lowest BCUT2D eigenvalue weighted by atomic mass is 10.2. The van der Waals surface area contributed by atoms with E-state index in [9.17, 15) is 13.2 Å². The summed E-state index contributed by atoms with van der Waals surface area (Å²) < 4.78 is 30.5. The molecule has 6 nitrogen and oxygen atoms in total. The van der Waals surface area contributed by atoms with E-state index in [4.69, 9.17) is 0 Å². The summed E-state index contributed by atoms with van der Waals surface area (Å²) in [5.74, 6) is 0. The average molecular weight is 528 g/mol. The highest BCUT2D eigenvalue weighted by molar-refractivity contribution is 9.21. The zero-order valence-electron chi connectivity index (χ0n) is 18.2. The van der Waals surface area contributed by atoms with Crippen molar-refractivity contribution >= 4 is 55.7 Å². The van der Waals surface area contributed by atoms with Crippen molar-refractivity contribution in [3.8, 4) is 0 Å². The van der Waals surface area contributed by atoms with Gasteiger partial charge in [0.15, 0.2) is 10.3 Å². The number of amidine groups is 1. The van der Waals surface area contributed by atoms with Gasteiger partial charge in [0.2, 0.25) is 0 Å². The molecule has 1 amide bonds. The van der Waals surface area contributed by atoms with Gasteiger partial charge in [0, 0.05) is 10.8 Å². The molecule has 34 heavy (non-hydrogen) atoms. The molecule has 3 aromatic rings. The van der Waals surface area contributed by atoms with Crippen molar-refractivity contribution in [1.29, 1.82) is 0 Å². The zero-order chi connectivity index (χ0) is 23.7. The Labute approximate surface area is 208 Å². The highest BCUT2D eigenvalue weighted by atomic mass is 33.5. The summed E-state index contributed by atoms with van der Waals surface area (Å²) in [5, 5.41) is 1.15. The van der Waals surface area contributed by atoms with Crippen LogP contribution in [0.25, 0.3) is 0 Å². The van der Waals surface area contributed by atoms with Crippen LogP contribution in [0.4, 0.5) is 4.79 Å². The largest absolute Gasteiger partial charge is 0.299 e. The molecule has 0 fully saturated rings. The molecule has 5 rings (SSSR count). The van der Waals surface area contributed by atoms with Gasteiger partial charge in [-0.1, -0.05) is 78.4 Å². The molecule has 0 aliphatic carbocycles. The Morgan fingerprint density at radius 2 is 1.35 bits per heavy atom.